The Balaban J connectivity index is 3.04. The summed E-state index contributed by atoms with van der Waals surface area (Å²) in [7, 11) is 4.93. The zero-order valence-electron chi connectivity index (χ0n) is 11.0. The van der Waals surface area contributed by atoms with E-state index < -0.39 is 4.92 Å². The summed E-state index contributed by atoms with van der Waals surface area (Å²) in [5.74, 6) is -0.121. The highest BCUT2D eigenvalue weighted by Gasteiger charge is 2.15. The molecule has 1 aromatic rings. The second-order valence-corrected chi connectivity index (χ2v) is 4.21. The van der Waals surface area contributed by atoms with Crippen molar-refractivity contribution in [3.05, 3.63) is 33.9 Å². The smallest absolute Gasteiger partial charge is 0.270 e. The number of hydrogen-bond acceptors (Lipinski definition) is 5. The molecular formula is C12H14N4O3. The maximum absolute atomic E-state index is 11.6. The van der Waals surface area contributed by atoms with Crippen LogP contribution in [-0.2, 0) is 4.79 Å². The van der Waals surface area contributed by atoms with Gasteiger partial charge in [0.1, 0.15) is 6.07 Å². The van der Waals surface area contributed by atoms with Crippen LogP contribution in [0.25, 0.3) is 0 Å². The Morgan fingerprint density at radius 1 is 1.42 bits per heavy atom. The highest BCUT2D eigenvalue weighted by molar-refractivity contribution is 5.81. The molecule has 0 bridgehead atoms. The van der Waals surface area contributed by atoms with Crippen molar-refractivity contribution in [2.75, 3.05) is 32.6 Å². The molecule has 7 nitrogen and oxygen atoms in total. The molecule has 100 valence electrons. The predicted octanol–water partition coefficient (Wildman–Crippen LogP) is 0.991. The molecule has 0 aliphatic heterocycles. The normalized spacial score (nSPS) is 9.58. The van der Waals surface area contributed by atoms with Crippen LogP contribution in [0.15, 0.2) is 18.2 Å². The summed E-state index contributed by atoms with van der Waals surface area (Å²) in [5, 5.41) is 19.7. The molecule has 0 heterocycles. The zero-order valence-corrected chi connectivity index (χ0v) is 11.0. The number of nitro benzene ring substituents is 1. The van der Waals surface area contributed by atoms with E-state index in [2.05, 4.69) is 0 Å². The Labute approximate surface area is 110 Å². The lowest BCUT2D eigenvalue weighted by molar-refractivity contribution is -0.384. The number of nitrogens with zero attached hydrogens (tertiary/aromatic N) is 4. The van der Waals surface area contributed by atoms with Gasteiger partial charge in [-0.05, 0) is 6.07 Å². The van der Waals surface area contributed by atoms with E-state index in [0.29, 0.717) is 5.69 Å². The van der Waals surface area contributed by atoms with Crippen LogP contribution in [0.3, 0.4) is 0 Å². The average molecular weight is 262 g/mol. The first-order valence-electron chi connectivity index (χ1n) is 5.46. The number of carbonyl (C=O) groups is 1. The molecule has 0 radical (unpaired) electrons. The van der Waals surface area contributed by atoms with E-state index in [9.17, 15) is 14.9 Å². The number of non-ortho nitro benzene ring substituents is 1. The van der Waals surface area contributed by atoms with Gasteiger partial charge in [0, 0.05) is 33.3 Å². The molecule has 0 unspecified atom stereocenters. The van der Waals surface area contributed by atoms with Crippen LogP contribution in [-0.4, -0.2) is 43.4 Å². The standard InChI is InChI=1S/C12H14N4O3/c1-14(2)12(17)8-15(3)11-5-4-10(16(18)19)6-9(11)7-13/h4-6H,8H2,1-3H3. The topological polar surface area (TPSA) is 90.5 Å². The monoisotopic (exact) mass is 262 g/mol. The Hall–Kier alpha value is -2.62. The Morgan fingerprint density at radius 3 is 2.53 bits per heavy atom. The van der Waals surface area contributed by atoms with Crippen LogP contribution in [0.2, 0.25) is 0 Å². The molecule has 0 aliphatic rings. The minimum Gasteiger partial charge on any atom is -0.364 e. The highest BCUT2D eigenvalue weighted by Crippen LogP contribution is 2.24. The van der Waals surface area contributed by atoms with Gasteiger partial charge in [-0.2, -0.15) is 5.26 Å². The van der Waals surface area contributed by atoms with E-state index in [1.54, 1.807) is 26.0 Å². The third kappa shape index (κ3) is 3.42. The molecule has 0 aromatic heterocycles. The summed E-state index contributed by atoms with van der Waals surface area (Å²) >= 11 is 0. The molecule has 1 aromatic carbocycles. The lowest BCUT2D eigenvalue weighted by Crippen LogP contribution is -2.34. The fourth-order valence-corrected chi connectivity index (χ4v) is 1.49. The number of benzene rings is 1. The first kappa shape index (κ1) is 14.4. The van der Waals surface area contributed by atoms with Crippen molar-refractivity contribution in [3.8, 4) is 6.07 Å². The molecule has 19 heavy (non-hydrogen) atoms. The van der Waals surface area contributed by atoms with Crippen molar-refractivity contribution in [1.29, 1.82) is 5.26 Å². The number of likely N-dealkylation sites (N-methyl/N-ethyl adjacent to an activating group) is 2. The quantitative estimate of drug-likeness (QED) is 0.596. The summed E-state index contributed by atoms with van der Waals surface area (Å²) in [5.41, 5.74) is 0.513. The number of hydrogen-bond donors (Lipinski definition) is 0. The molecular weight excluding hydrogens is 248 g/mol. The van der Waals surface area contributed by atoms with E-state index in [1.165, 1.54) is 23.1 Å². The van der Waals surface area contributed by atoms with Crippen molar-refractivity contribution in [2.24, 2.45) is 0 Å². The average Bonchev–Trinajstić information content (AvgIpc) is 2.37. The van der Waals surface area contributed by atoms with Crippen molar-refractivity contribution in [2.45, 2.75) is 0 Å². The molecule has 0 aliphatic carbocycles. The largest absolute Gasteiger partial charge is 0.364 e. The first-order valence-corrected chi connectivity index (χ1v) is 5.46. The van der Waals surface area contributed by atoms with Gasteiger partial charge in [-0.3, -0.25) is 14.9 Å². The molecule has 0 spiro atoms. The summed E-state index contributed by atoms with van der Waals surface area (Å²) in [6.45, 7) is 0.0967. The lowest BCUT2D eigenvalue weighted by atomic mass is 10.1. The minimum atomic E-state index is -0.560. The van der Waals surface area contributed by atoms with Crippen LogP contribution in [0, 0.1) is 21.4 Å². The zero-order chi connectivity index (χ0) is 14.6. The van der Waals surface area contributed by atoms with E-state index >= 15 is 0 Å². The van der Waals surface area contributed by atoms with Gasteiger partial charge >= 0.3 is 0 Å². The summed E-state index contributed by atoms with van der Waals surface area (Å²) < 4.78 is 0. The summed E-state index contributed by atoms with van der Waals surface area (Å²) in [6.07, 6.45) is 0. The number of amides is 1. The number of nitro groups is 1. The van der Waals surface area contributed by atoms with Crippen LogP contribution < -0.4 is 4.90 Å². The lowest BCUT2D eigenvalue weighted by Gasteiger charge is -2.21. The van der Waals surface area contributed by atoms with Crippen molar-refractivity contribution in [3.63, 3.8) is 0 Å². The molecule has 0 fully saturated rings. The maximum Gasteiger partial charge on any atom is 0.270 e. The van der Waals surface area contributed by atoms with Crippen molar-refractivity contribution >= 4 is 17.3 Å². The summed E-state index contributed by atoms with van der Waals surface area (Å²) in [4.78, 5) is 24.7. The van der Waals surface area contributed by atoms with E-state index in [1.807, 2.05) is 6.07 Å². The van der Waals surface area contributed by atoms with Gasteiger partial charge in [0.15, 0.2) is 0 Å². The van der Waals surface area contributed by atoms with Gasteiger partial charge in [0.05, 0.1) is 22.7 Å². The van der Waals surface area contributed by atoms with Gasteiger partial charge in [-0.1, -0.05) is 0 Å². The number of nitriles is 1. The minimum absolute atomic E-state index is 0.0967. The number of anilines is 1. The molecule has 7 heteroatoms. The Kier molecular flexibility index (Phi) is 4.42. The van der Waals surface area contributed by atoms with Crippen LogP contribution in [0.1, 0.15) is 5.56 Å². The second-order valence-electron chi connectivity index (χ2n) is 4.21. The van der Waals surface area contributed by atoms with Gasteiger partial charge < -0.3 is 9.80 Å². The van der Waals surface area contributed by atoms with Crippen LogP contribution in [0.5, 0.6) is 0 Å². The predicted molar refractivity (Wildman–Crippen MR) is 69.8 cm³/mol. The second kappa shape index (κ2) is 5.82. The highest BCUT2D eigenvalue weighted by atomic mass is 16.6. The molecule has 0 atom stereocenters. The van der Waals surface area contributed by atoms with Crippen molar-refractivity contribution < 1.29 is 9.72 Å². The molecule has 1 rings (SSSR count). The van der Waals surface area contributed by atoms with Gasteiger partial charge in [-0.15, -0.1) is 0 Å². The van der Waals surface area contributed by atoms with E-state index in [0.717, 1.165) is 0 Å². The van der Waals surface area contributed by atoms with E-state index in [-0.39, 0.29) is 23.7 Å². The van der Waals surface area contributed by atoms with Crippen LogP contribution >= 0.6 is 0 Å². The fourth-order valence-electron chi connectivity index (χ4n) is 1.49. The molecule has 0 saturated heterocycles. The van der Waals surface area contributed by atoms with Crippen molar-refractivity contribution in [1.82, 2.24) is 4.90 Å². The SMILES string of the molecule is CN(C)C(=O)CN(C)c1ccc([N+](=O)[O-])cc1C#N. The third-order valence-electron chi connectivity index (χ3n) is 2.59. The Morgan fingerprint density at radius 2 is 2.05 bits per heavy atom. The summed E-state index contributed by atoms with van der Waals surface area (Å²) in [6, 6.07) is 5.89. The molecule has 0 saturated carbocycles. The van der Waals surface area contributed by atoms with Gasteiger partial charge in [-0.25, -0.2) is 0 Å². The number of carbonyl (C=O) groups excluding carboxylic acids is 1. The van der Waals surface area contributed by atoms with Crippen LogP contribution in [0.4, 0.5) is 11.4 Å². The molecule has 0 N–H and O–H groups in total. The van der Waals surface area contributed by atoms with Gasteiger partial charge in [0.2, 0.25) is 5.91 Å². The Bertz CT molecular complexity index is 548. The first-order chi connectivity index (χ1) is 8.86. The number of rotatable bonds is 4. The molecule has 1 amide bonds. The van der Waals surface area contributed by atoms with Gasteiger partial charge in [0.25, 0.3) is 5.69 Å². The maximum atomic E-state index is 11.6. The van der Waals surface area contributed by atoms with E-state index in [4.69, 9.17) is 5.26 Å². The third-order valence-corrected chi connectivity index (χ3v) is 2.59. The fraction of sp³-hybridized carbons (Fsp3) is 0.333.